The van der Waals surface area contributed by atoms with Crippen molar-refractivity contribution in [3.8, 4) is 0 Å². The Morgan fingerprint density at radius 1 is 1.24 bits per heavy atom. The Kier molecular flexibility index (Phi) is 6.23. The third kappa shape index (κ3) is 5.62. The molecular formula is C15H18N4O4S2. The molecule has 2 amide bonds. The Bertz CT molecular complexity index is 860. The first-order chi connectivity index (χ1) is 11.8. The zero-order chi connectivity index (χ0) is 18.4. The SMILES string of the molecule is CNS(=O)(=O)c1ccc(CCC(=O)Nc2nc(CC(N)=O)cs2)cc1. The zero-order valence-corrected chi connectivity index (χ0v) is 15.1. The molecule has 0 saturated carbocycles. The van der Waals surface area contributed by atoms with Gasteiger partial charge in [-0.05, 0) is 31.2 Å². The number of hydrogen-bond donors (Lipinski definition) is 3. The van der Waals surface area contributed by atoms with Gasteiger partial charge in [0, 0.05) is 11.8 Å². The van der Waals surface area contributed by atoms with E-state index in [0.717, 1.165) is 5.56 Å². The second-order valence-electron chi connectivity index (χ2n) is 5.19. The first kappa shape index (κ1) is 19.0. The molecule has 0 unspecified atom stereocenters. The Labute approximate surface area is 149 Å². The number of carbonyl (C=O) groups excluding carboxylic acids is 2. The first-order valence-corrected chi connectivity index (χ1v) is 9.71. The summed E-state index contributed by atoms with van der Waals surface area (Å²) in [6, 6.07) is 6.34. The van der Waals surface area contributed by atoms with Gasteiger partial charge in [0.1, 0.15) is 0 Å². The predicted molar refractivity (Wildman–Crippen MR) is 94.7 cm³/mol. The van der Waals surface area contributed by atoms with Gasteiger partial charge in [-0.1, -0.05) is 12.1 Å². The molecule has 0 spiro atoms. The van der Waals surface area contributed by atoms with Crippen LogP contribution in [0.25, 0.3) is 0 Å². The second-order valence-corrected chi connectivity index (χ2v) is 7.93. The number of primary amides is 1. The van der Waals surface area contributed by atoms with Crippen molar-refractivity contribution in [2.24, 2.45) is 5.73 Å². The Balaban J connectivity index is 1.87. The average Bonchev–Trinajstić information content (AvgIpc) is 2.99. The van der Waals surface area contributed by atoms with Gasteiger partial charge in [-0.15, -0.1) is 11.3 Å². The van der Waals surface area contributed by atoms with Crippen LogP contribution in [0.4, 0.5) is 5.13 Å². The van der Waals surface area contributed by atoms with Gasteiger partial charge in [0.15, 0.2) is 5.13 Å². The fraction of sp³-hybridized carbons (Fsp3) is 0.267. The summed E-state index contributed by atoms with van der Waals surface area (Å²) < 4.78 is 25.5. The van der Waals surface area contributed by atoms with E-state index in [4.69, 9.17) is 5.73 Å². The van der Waals surface area contributed by atoms with Crippen molar-refractivity contribution in [2.45, 2.75) is 24.2 Å². The molecule has 1 aromatic heterocycles. The molecular weight excluding hydrogens is 364 g/mol. The quantitative estimate of drug-likeness (QED) is 0.617. The van der Waals surface area contributed by atoms with Crippen LogP contribution in [0.1, 0.15) is 17.7 Å². The normalized spacial score (nSPS) is 11.2. The summed E-state index contributed by atoms with van der Waals surface area (Å²) in [5.41, 5.74) is 6.46. The molecule has 0 aliphatic heterocycles. The van der Waals surface area contributed by atoms with Crippen molar-refractivity contribution >= 4 is 38.3 Å². The highest BCUT2D eigenvalue weighted by atomic mass is 32.2. The van der Waals surface area contributed by atoms with Crippen LogP contribution in [0, 0.1) is 0 Å². The molecule has 2 aromatic rings. The van der Waals surface area contributed by atoms with Crippen molar-refractivity contribution in [3.05, 3.63) is 40.9 Å². The molecule has 0 aliphatic rings. The molecule has 0 radical (unpaired) electrons. The van der Waals surface area contributed by atoms with E-state index in [-0.39, 0.29) is 23.6 Å². The van der Waals surface area contributed by atoms with E-state index in [2.05, 4.69) is 15.0 Å². The Morgan fingerprint density at radius 3 is 2.52 bits per heavy atom. The molecule has 2 rings (SSSR count). The molecule has 0 saturated heterocycles. The van der Waals surface area contributed by atoms with E-state index in [9.17, 15) is 18.0 Å². The third-order valence-electron chi connectivity index (χ3n) is 3.30. The molecule has 0 aliphatic carbocycles. The monoisotopic (exact) mass is 382 g/mol. The zero-order valence-electron chi connectivity index (χ0n) is 13.5. The van der Waals surface area contributed by atoms with Crippen LogP contribution in [0.15, 0.2) is 34.5 Å². The van der Waals surface area contributed by atoms with Crippen molar-refractivity contribution in [1.82, 2.24) is 9.71 Å². The fourth-order valence-corrected chi connectivity index (χ4v) is 3.47. The maximum atomic E-state index is 11.9. The number of sulfonamides is 1. The Morgan fingerprint density at radius 2 is 1.92 bits per heavy atom. The maximum Gasteiger partial charge on any atom is 0.240 e. The highest BCUT2D eigenvalue weighted by molar-refractivity contribution is 7.89. The van der Waals surface area contributed by atoms with E-state index in [1.54, 1.807) is 17.5 Å². The van der Waals surface area contributed by atoms with Crippen LogP contribution >= 0.6 is 11.3 Å². The van der Waals surface area contributed by atoms with Gasteiger partial charge in [-0.3, -0.25) is 9.59 Å². The largest absolute Gasteiger partial charge is 0.369 e. The average molecular weight is 382 g/mol. The minimum absolute atomic E-state index is 0.0360. The number of aryl methyl sites for hydroxylation is 1. The van der Waals surface area contributed by atoms with Gasteiger partial charge < -0.3 is 11.1 Å². The molecule has 1 aromatic carbocycles. The lowest BCUT2D eigenvalue weighted by Gasteiger charge is -2.05. The summed E-state index contributed by atoms with van der Waals surface area (Å²) in [5.74, 6) is -0.696. The number of nitrogens with zero attached hydrogens (tertiary/aromatic N) is 1. The second kappa shape index (κ2) is 8.19. The Hall–Kier alpha value is -2.30. The van der Waals surface area contributed by atoms with E-state index in [1.165, 1.54) is 30.5 Å². The van der Waals surface area contributed by atoms with Crippen LogP contribution in [-0.4, -0.2) is 32.3 Å². The number of rotatable bonds is 8. The summed E-state index contributed by atoms with van der Waals surface area (Å²) in [4.78, 5) is 27.1. The summed E-state index contributed by atoms with van der Waals surface area (Å²) in [6.45, 7) is 0. The van der Waals surface area contributed by atoms with Crippen molar-refractivity contribution in [2.75, 3.05) is 12.4 Å². The van der Waals surface area contributed by atoms with Gasteiger partial charge in [-0.2, -0.15) is 0 Å². The van der Waals surface area contributed by atoms with Crippen LogP contribution in [-0.2, 0) is 32.5 Å². The molecule has 8 nitrogen and oxygen atoms in total. The lowest BCUT2D eigenvalue weighted by atomic mass is 10.1. The fourth-order valence-electron chi connectivity index (χ4n) is 2.02. The van der Waals surface area contributed by atoms with Gasteiger partial charge in [0.05, 0.1) is 17.0 Å². The van der Waals surface area contributed by atoms with E-state index in [1.807, 2.05) is 0 Å². The number of nitrogens with one attached hydrogen (secondary N) is 2. The van der Waals surface area contributed by atoms with E-state index < -0.39 is 15.9 Å². The highest BCUT2D eigenvalue weighted by Gasteiger charge is 2.11. The number of benzene rings is 1. The standard InChI is InChI=1S/C15H18N4O4S2/c1-17-25(22,23)12-5-2-10(3-6-12)4-7-14(21)19-15-18-11(9-24-15)8-13(16)20/h2-3,5-6,9,17H,4,7-8H2,1H3,(H2,16,20)(H,18,19,21). The molecule has 10 heteroatoms. The van der Waals surface area contributed by atoms with Crippen molar-refractivity contribution < 1.29 is 18.0 Å². The molecule has 1 heterocycles. The smallest absolute Gasteiger partial charge is 0.240 e. The summed E-state index contributed by atoms with van der Waals surface area (Å²) in [5, 5.41) is 4.74. The highest BCUT2D eigenvalue weighted by Crippen LogP contribution is 2.16. The molecule has 25 heavy (non-hydrogen) atoms. The van der Waals surface area contributed by atoms with Gasteiger partial charge >= 0.3 is 0 Å². The number of aromatic nitrogens is 1. The first-order valence-electron chi connectivity index (χ1n) is 7.35. The van der Waals surface area contributed by atoms with Crippen LogP contribution in [0.3, 0.4) is 0 Å². The van der Waals surface area contributed by atoms with E-state index in [0.29, 0.717) is 17.2 Å². The van der Waals surface area contributed by atoms with Gasteiger partial charge in [0.2, 0.25) is 21.8 Å². The van der Waals surface area contributed by atoms with Gasteiger partial charge in [0.25, 0.3) is 0 Å². The van der Waals surface area contributed by atoms with Gasteiger partial charge in [-0.25, -0.2) is 18.1 Å². The number of hydrogen-bond acceptors (Lipinski definition) is 6. The van der Waals surface area contributed by atoms with Crippen LogP contribution < -0.4 is 15.8 Å². The lowest BCUT2D eigenvalue weighted by molar-refractivity contribution is -0.117. The van der Waals surface area contributed by atoms with Crippen molar-refractivity contribution in [3.63, 3.8) is 0 Å². The minimum atomic E-state index is -3.46. The molecule has 0 atom stereocenters. The summed E-state index contributed by atoms with van der Waals surface area (Å²) in [7, 11) is -2.11. The van der Waals surface area contributed by atoms with Crippen LogP contribution in [0.2, 0.25) is 0 Å². The molecule has 4 N–H and O–H groups in total. The number of thiazole rings is 1. The third-order valence-corrected chi connectivity index (χ3v) is 5.53. The summed E-state index contributed by atoms with van der Waals surface area (Å²) in [6.07, 6.45) is 0.725. The van der Waals surface area contributed by atoms with Crippen molar-refractivity contribution in [1.29, 1.82) is 0 Å². The maximum absolute atomic E-state index is 11.9. The van der Waals surface area contributed by atoms with E-state index >= 15 is 0 Å². The number of nitrogens with two attached hydrogens (primary N) is 1. The number of amides is 2. The molecule has 0 fully saturated rings. The summed E-state index contributed by atoms with van der Waals surface area (Å²) >= 11 is 1.22. The molecule has 134 valence electrons. The lowest BCUT2D eigenvalue weighted by Crippen LogP contribution is -2.18. The number of anilines is 1. The topological polar surface area (TPSA) is 131 Å². The number of carbonyl (C=O) groups is 2. The van der Waals surface area contributed by atoms with Crippen LogP contribution in [0.5, 0.6) is 0 Å². The minimum Gasteiger partial charge on any atom is -0.369 e. The predicted octanol–water partition coefficient (Wildman–Crippen LogP) is 0.650. The molecule has 0 bridgehead atoms.